The topological polar surface area (TPSA) is 47.0 Å². The number of hydrogen-bond donors (Lipinski definition) is 1. The monoisotopic (exact) mass is 279 g/mol. The lowest BCUT2D eigenvalue weighted by Crippen LogP contribution is -2.09. The highest BCUT2D eigenvalue weighted by atomic mass is 16.5. The van der Waals surface area contributed by atoms with E-state index >= 15 is 0 Å². The molecule has 0 aliphatic carbocycles. The minimum absolute atomic E-state index is 0.306. The van der Waals surface area contributed by atoms with Gasteiger partial charge in [-0.1, -0.05) is 47.0 Å². The minimum Gasteiger partial charge on any atom is -0.478 e. The predicted molar refractivity (Wildman–Crippen MR) is 84.5 cm³/mol. The molecule has 1 rings (SSSR count). The first-order chi connectivity index (χ1) is 9.67. The standard InChI is InChI=1S/C16H29N3O/c1-5-7-8-9-10-17-14-12-15(20-11-6-2)19-16(18-14)13(3)4/h12-13H,5-11H2,1-4H3,(H,17,18,19). The highest BCUT2D eigenvalue weighted by Gasteiger charge is 2.08. The molecule has 1 aromatic heterocycles. The van der Waals surface area contributed by atoms with Crippen LogP contribution in [0.3, 0.4) is 0 Å². The van der Waals surface area contributed by atoms with Crippen molar-refractivity contribution in [2.45, 2.75) is 65.7 Å². The van der Waals surface area contributed by atoms with E-state index in [9.17, 15) is 0 Å². The number of unbranched alkanes of at least 4 members (excludes halogenated alkanes) is 3. The quantitative estimate of drug-likeness (QED) is 0.646. The summed E-state index contributed by atoms with van der Waals surface area (Å²) in [6.07, 6.45) is 6.00. The van der Waals surface area contributed by atoms with Crippen molar-refractivity contribution in [3.8, 4) is 5.88 Å². The molecule has 0 spiro atoms. The largest absolute Gasteiger partial charge is 0.478 e. The summed E-state index contributed by atoms with van der Waals surface area (Å²) in [4.78, 5) is 9.01. The number of anilines is 1. The number of nitrogens with zero attached hydrogens (tertiary/aromatic N) is 2. The third kappa shape index (κ3) is 6.22. The maximum absolute atomic E-state index is 5.64. The van der Waals surface area contributed by atoms with E-state index in [0.29, 0.717) is 18.4 Å². The van der Waals surface area contributed by atoms with Crippen LogP contribution < -0.4 is 10.1 Å². The maximum atomic E-state index is 5.64. The van der Waals surface area contributed by atoms with Crippen LogP contribution in [0.1, 0.15) is 71.5 Å². The second-order valence-electron chi connectivity index (χ2n) is 5.44. The van der Waals surface area contributed by atoms with Crippen LogP contribution in [-0.2, 0) is 0 Å². The lowest BCUT2D eigenvalue weighted by molar-refractivity contribution is 0.303. The van der Waals surface area contributed by atoms with E-state index < -0.39 is 0 Å². The third-order valence-corrected chi connectivity index (χ3v) is 3.03. The Labute approximate surface area is 123 Å². The summed E-state index contributed by atoms with van der Waals surface area (Å²) >= 11 is 0. The van der Waals surface area contributed by atoms with Crippen LogP contribution in [0, 0.1) is 0 Å². The van der Waals surface area contributed by atoms with Gasteiger partial charge in [0.25, 0.3) is 0 Å². The van der Waals surface area contributed by atoms with E-state index in [-0.39, 0.29) is 0 Å². The molecular weight excluding hydrogens is 250 g/mol. The molecule has 1 aromatic rings. The summed E-state index contributed by atoms with van der Waals surface area (Å²) in [7, 11) is 0. The van der Waals surface area contributed by atoms with Crippen LogP contribution in [-0.4, -0.2) is 23.1 Å². The van der Waals surface area contributed by atoms with Crippen LogP contribution in [0.4, 0.5) is 5.82 Å². The van der Waals surface area contributed by atoms with Crippen molar-refractivity contribution in [2.75, 3.05) is 18.5 Å². The lowest BCUT2D eigenvalue weighted by Gasteiger charge is -2.12. The van der Waals surface area contributed by atoms with E-state index in [1.165, 1.54) is 25.7 Å². The normalized spacial score (nSPS) is 10.8. The SMILES string of the molecule is CCCCCCNc1cc(OCCC)nc(C(C)C)n1. The van der Waals surface area contributed by atoms with Gasteiger partial charge in [0.15, 0.2) is 0 Å². The average Bonchev–Trinajstić information content (AvgIpc) is 2.44. The Morgan fingerprint density at radius 3 is 2.55 bits per heavy atom. The molecule has 0 atom stereocenters. The summed E-state index contributed by atoms with van der Waals surface area (Å²) in [6.45, 7) is 10.2. The van der Waals surface area contributed by atoms with E-state index in [0.717, 1.165) is 24.6 Å². The van der Waals surface area contributed by atoms with Crippen LogP contribution >= 0.6 is 0 Å². The zero-order valence-electron chi connectivity index (χ0n) is 13.4. The smallest absolute Gasteiger partial charge is 0.218 e. The van der Waals surface area contributed by atoms with Gasteiger partial charge in [-0.3, -0.25) is 0 Å². The third-order valence-electron chi connectivity index (χ3n) is 3.03. The number of hydrogen-bond acceptors (Lipinski definition) is 4. The molecule has 4 heteroatoms. The van der Waals surface area contributed by atoms with Crippen molar-refractivity contribution in [3.05, 3.63) is 11.9 Å². The Kier molecular flexibility index (Phi) is 8.00. The Hall–Kier alpha value is -1.32. The minimum atomic E-state index is 0.306. The fourth-order valence-electron chi connectivity index (χ4n) is 1.84. The molecule has 0 aliphatic heterocycles. The molecule has 1 heterocycles. The summed E-state index contributed by atoms with van der Waals surface area (Å²) in [5.74, 6) is 2.71. The molecule has 0 amide bonds. The Balaban J connectivity index is 2.60. The van der Waals surface area contributed by atoms with E-state index in [2.05, 4.69) is 43.0 Å². The van der Waals surface area contributed by atoms with Crippen molar-refractivity contribution in [2.24, 2.45) is 0 Å². The second kappa shape index (κ2) is 9.56. The van der Waals surface area contributed by atoms with Crippen molar-refractivity contribution in [3.63, 3.8) is 0 Å². The molecule has 1 N–H and O–H groups in total. The van der Waals surface area contributed by atoms with Gasteiger partial charge in [0.2, 0.25) is 5.88 Å². The molecule has 0 aromatic carbocycles. The Morgan fingerprint density at radius 2 is 1.90 bits per heavy atom. The highest BCUT2D eigenvalue weighted by molar-refractivity contribution is 5.38. The molecule has 20 heavy (non-hydrogen) atoms. The lowest BCUT2D eigenvalue weighted by atomic mass is 10.2. The van der Waals surface area contributed by atoms with Gasteiger partial charge in [0.05, 0.1) is 6.61 Å². The Morgan fingerprint density at radius 1 is 1.10 bits per heavy atom. The average molecular weight is 279 g/mol. The molecule has 4 nitrogen and oxygen atoms in total. The Bertz CT molecular complexity index is 380. The van der Waals surface area contributed by atoms with Crippen molar-refractivity contribution in [1.29, 1.82) is 0 Å². The maximum Gasteiger partial charge on any atom is 0.218 e. The van der Waals surface area contributed by atoms with Gasteiger partial charge < -0.3 is 10.1 Å². The summed E-state index contributed by atoms with van der Waals surface area (Å²) in [5, 5.41) is 3.38. The van der Waals surface area contributed by atoms with Crippen molar-refractivity contribution >= 4 is 5.82 Å². The molecule has 0 bridgehead atoms. The summed E-state index contributed by atoms with van der Waals surface area (Å²) in [5.41, 5.74) is 0. The number of aromatic nitrogens is 2. The molecule has 0 fully saturated rings. The van der Waals surface area contributed by atoms with Gasteiger partial charge in [0.1, 0.15) is 11.6 Å². The van der Waals surface area contributed by atoms with E-state index in [4.69, 9.17) is 4.74 Å². The predicted octanol–water partition coefficient (Wildman–Crippen LogP) is 4.38. The number of nitrogens with one attached hydrogen (secondary N) is 1. The van der Waals surface area contributed by atoms with E-state index in [1.54, 1.807) is 0 Å². The molecule has 0 unspecified atom stereocenters. The first kappa shape index (κ1) is 16.7. The summed E-state index contributed by atoms with van der Waals surface area (Å²) in [6, 6.07) is 1.90. The number of rotatable bonds is 10. The second-order valence-corrected chi connectivity index (χ2v) is 5.44. The van der Waals surface area contributed by atoms with E-state index in [1.807, 2.05) is 6.07 Å². The zero-order valence-corrected chi connectivity index (χ0v) is 13.4. The van der Waals surface area contributed by atoms with Gasteiger partial charge in [-0.25, -0.2) is 4.98 Å². The van der Waals surface area contributed by atoms with Gasteiger partial charge in [-0.15, -0.1) is 0 Å². The number of ether oxygens (including phenoxy) is 1. The summed E-state index contributed by atoms with van der Waals surface area (Å²) < 4.78 is 5.64. The van der Waals surface area contributed by atoms with Gasteiger partial charge >= 0.3 is 0 Å². The van der Waals surface area contributed by atoms with Gasteiger partial charge in [-0.2, -0.15) is 4.98 Å². The first-order valence-electron chi connectivity index (χ1n) is 7.93. The van der Waals surface area contributed by atoms with Crippen LogP contribution in [0.15, 0.2) is 6.07 Å². The molecule has 0 saturated heterocycles. The fourth-order valence-corrected chi connectivity index (χ4v) is 1.84. The molecule has 0 radical (unpaired) electrons. The molecular formula is C16H29N3O. The van der Waals surface area contributed by atoms with Crippen molar-refractivity contribution < 1.29 is 4.74 Å². The van der Waals surface area contributed by atoms with Crippen LogP contribution in [0.5, 0.6) is 5.88 Å². The van der Waals surface area contributed by atoms with Crippen LogP contribution in [0.2, 0.25) is 0 Å². The van der Waals surface area contributed by atoms with Gasteiger partial charge in [0, 0.05) is 18.5 Å². The highest BCUT2D eigenvalue weighted by Crippen LogP contribution is 2.18. The molecule has 114 valence electrons. The molecule has 0 aliphatic rings. The van der Waals surface area contributed by atoms with Gasteiger partial charge in [-0.05, 0) is 12.8 Å². The van der Waals surface area contributed by atoms with Crippen molar-refractivity contribution in [1.82, 2.24) is 9.97 Å². The fraction of sp³-hybridized carbons (Fsp3) is 0.750. The first-order valence-corrected chi connectivity index (χ1v) is 7.93. The van der Waals surface area contributed by atoms with Crippen LogP contribution in [0.25, 0.3) is 0 Å². The zero-order chi connectivity index (χ0) is 14.8. The molecule has 0 saturated carbocycles.